The molecule has 0 radical (unpaired) electrons. The molecular formula is C26H35NO4. The van der Waals surface area contributed by atoms with Gasteiger partial charge in [-0.3, -0.25) is 4.79 Å². The Morgan fingerprint density at radius 2 is 1.65 bits per heavy atom. The van der Waals surface area contributed by atoms with E-state index >= 15 is 0 Å². The quantitative estimate of drug-likeness (QED) is 0.554. The molecular weight excluding hydrogens is 390 g/mol. The molecule has 1 aliphatic carbocycles. The van der Waals surface area contributed by atoms with Crippen LogP contribution >= 0.6 is 0 Å². The second kappa shape index (κ2) is 11.1. The number of hydrogen-bond acceptors (Lipinski definition) is 4. The van der Waals surface area contributed by atoms with Crippen LogP contribution in [0.1, 0.15) is 69.7 Å². The highest BCUT2D eigenvalue weighted by Gasteiger charge is 2.22. The standard InChI is InChI=1S/C26H35NO4/c1-5-23(31-22-14-12-19-10-8-9-11-21(19)16-22)26(28)27-18(4)20-13-15-24(29-6-2)25(17-20)30-7-3/h12-18,23H,5-11H2,1-4H3,(H,27,28)/t18-,23-/m0/s1. The van der Waals surface area contributed by atoms with E-state index in [1.807, 2.05) is 52.0 Å². The molecule has 0 aromatic heterocycles. The van der Waals surface area contributed by atoms with Crippen molar-refractivity contribution in [3.05, 3.63) is 53.1 Å². The van der Waals surface area contributed by atoms with Gasteiger partial charge in [0.05, 0.1) is 19.3 Å². The molecule has 2 aromatic carbocycles. The maximum atomic E-state index is 12.9. The summed E-state index contributed by atoms with van der Waals surface area (Å²) < 4.78 is 17.4. The Balaban J connectivity index is 1.66. The minimum Gasteiger partial charge on any atom is -0.490 e. The molecule has 0 aliphatic heterocycles. The van der Waals surface area contributed by atoms with Gasteiger partial charge in [0.1, 0.15) is 5.75 Å². The second-order valence-corrected chi connectivity index (χ2v) is 7.95. The maximum Gasteiger partial charge on any atom is 0.261 e. The summed E-state index contributed by atoms with van der Waals surface area (Å²) in [5.74, 6) is 2.07. The summed E-state index contributed by atoms with van der Waals surface area (Å²) in [5.41, 5.74) is 3.72. The second-order valence-electron chi connectivity index (χ2n) is 7.95. The van der Waals surface area contributed by atoms with Crippen LogP contribution in [0.15, 0.2) is 36.4 Å². The largest absolute Gasteiger partial charge is 0.490 e. The van der Waals surface area contributed by atoms with Gasteiger partial charge in [0.2, 0.25) is 0 Å². The lowest BCUT2D eigenvalue weighted by Gasteiger charge is -2.23. The van der Waals surface area contributed by atoms with E-state index in [2.05, 4.69) is 17.4 Å². The Morgan fingerprint density at radius 1 is 0.935 bits per heavy atom. The molecule has 168 valence electrons. The van der Waals surface area contributed by atoms with Crippen LogP contribution in [0, 0.1) is 0 Å². The molecule has 2 atom stereocenters. The van der Waals surface area contributed by atoms with Crippen LogP contribution in [0.4, 0.5) is 0 Å². The summed E-state index contributed by atoms with van der Waals surface area (Å²) in [6.07, 6.45) is 4.77. The summed E-state index contributed by atoms with van der Waals surface area (Å²) in [5, 5.41) is 3.09. The summed E-state index contributed by atoms with van der Waals surface area (Å²) in [4.78, 5) is 12.9. The van der Waals surface area contributed by atoms with Crippen LogP contribution in [0.3, 0.4) is 0 Å². The topological polar surface area (TPSA) is 56.8 Å². The van der Waals surface area contributed by atoms with Gasteiger partial charge < -0.3 is 19.5 Å². The number of fused-ring (bicyclic) bond motifs is 1. The first kappa shape index (κ1) is 23.0. The Morgan fingerprint density at radius 3 is 2.35 bits per heavy atom. The van der Waals surface area contributed by atoms with E-state index in [9.17, 15) is 4.79 Å². The van der Waals surface area contributed by atoms with Crippen LogP contribution < -0.4 is 19.5 Å². The normalized spacial score (nSPS) is 14.8. The van der Waals surface area contributed by atoms with Gasteiger partial charge >= 0.3 is 0 Å². The van der Waals surface area contributed by atoms with E-state index in [0.29, 0.717) is 31.1 Å². The van der Waals surface area contributed by atoms with Gasteiger partial charge in [0.25, 0.3) is 5.91 Å². The number of rotatable bonds is 10. The lowest BCUT2D eigenvalue weighted by molar-refractivity contribution is -0.128. The average molecular weight is 426 g/mol. The van der Waals surface area contributed by atoms with Gasteiger partial charge in [-0.15, -0.1) is 0 Å². The van der Waals surface area contributed by atoms with Crippen molar-refractivity contribution in [1.82, 2.24) is 5.32 Å². The summed E-state index contributed by atoms with van der Waals surface area (Å²) >= 11 is 0. The van der Waals surface area contributed by atoms with E-state index in [1.165, 1.54) is 24.0 Å². The SMILES string of the molecule is CCOc1ccc([C@H](C)NC(=O)[C@H](CC)Oc2ccc3c(c2)CCCC3)cc1OCC. The van der Waals surface area contributed by atoms with Crippen LogP contribution in [0.25, 0.3) is 0 Å². The lowest BCUT2D eigenvalue weighted by Crippen LogP contribution is -2.39. The summed E-state index contributed by atoms with van der Waals surface area (Å²) in [6.45, 7) is 8.95. The molecule has 0 heterocycles. The highest BCUT2D eigenvalue weighted by atomic mass is 16.5. The predicted octanol–water partition coefficient (Wildman–Crippen LogP) is 5.40. The number of hydrogen-bond donors (Lipinski definition) is 1. The molecule has 1 amide bonds. The highest BCUT2D eigenvalue weighted by Crippen LogP contribution is 2.31. The number of amides is 1. The summed E-state index contributed by atoms with van der Waals surface area (Å²) in [6, 6.07) is 11.9. The Labute approximate surface area is 186 Å². The number of ether oxygens (including phenoxy) is 3. The van der Waals surface area contributed by atoms with Gasteiger partial charge in [0.15, 0.2) is 17.6 Å². The number of carbonyl (C=O) groups is 1. The van der Waals surface area contributed by atoms with Crippen LogP contribution in [0.2, 0.25) is 0 Å². The smallest absolute Gasteiger partial charge is 0.261 e. The number of nitrogens with one attached hydrogen (secondary N) is 1. The first-order chi connectivity index (χ1) is 15.0. The van der Waals surface area contributed by atoms with E-state index in [-0.39, 0.29) is 11.9 Å². The van der Waals surface area contributed by atoms with Gasteiger partial charge in [-0.2, -0.15) is 0 Å². The van der Waals surface area contributed by atoms with Crippen molar-refractivity contribution in [3.8, 4) is 17.2 Å². The van der Waals surface area contributed by atoms with Gasteiger partial charge in [-0.1, -0.05) is 19.1 Å². The molecule has 0 saturated carbocycles. The fourth-order valence-electron chi connectivity index (χ4n) is 4.00. The van der Waals surface area contributed by atoms with Crippen molar-refractivity contribution in [2.45, 2.75) is 71.9 Å². The fourth-order valence-corrected chi connectivity index (χ4v) is 4.00. The molecule has 1 aliphatic rings. The van der Waals surface area contributed by atoms with Gasteiger partial charge in [-0.05, 0) is 93.8 Å². The molecule has 0 spiro atoms. The van der Waals surface area contributed by atoms with Gasteiger partial charge in [0, 0.05) is 0 Å². The molecule has 5 nitrogen and oxygen atoms in total. The first-order valence-corrected chi connectivity index (χ1v) is 11.5. The van der Waals surface area contributed by atoms with Crippen molar-refractivity contribution < 1.29 is 19.0 Å². The van der Waals surface area contributed by atoms with Crippen LogP contribution in [0.5, 0.6) is 17.2 Å². The Hall–Kier alpha value is -2.69. The van der Waals surface area contributed by atoms with Crippen LogP contribution in [-0.2, 0) is 17.6 Å². The third-order valence-electron chi connectivity index (χ3n) is 5.69. The van der Waals surface area contributed by atoms with E-state index in [0.717, 1.165) is 24.2 Å². The lowest BCUT2D eigenvalue weighted by atomic mass is 9.92. The van der Waals surface area contributed by atoms with Gasteiger partial charge in [-0.25, -0.2) is 0 Å². The zero-order chi connectivity index (χ0) is 22.2. The molecule has 0 unspecified atom stereocenters. The van der Waals surface area contributed by atoms with Crippen molar-refractivity contribution in [2.24, 2.45) is 0 Å². The Kier molecular flexibility index (Phi) is 8.21. The van der Waals surface area contributed by atoms with Crippen molar-refractivity contribution >= 4 is 5.91 Å². The highest BCUT2D eigenvalue weighted by molar-refractivity contribution is 5.81. The molecule has 2 aromatic rings. The Bertz CT molecular complexity index is 880. The van der Waals surface area contributed by atoms with Crippen molar-refractivity contribution in [2.75, 3.05) is 13.2 Å². The molecule has 3 rings (SSSR count). The minimum absolute atomic E-state index is 0.112. The summed E-state index contributed by atoms with van der Waals surface area (Å²) in [7, 11) is 0. The fraction of sp³-hybridized carbons (Fsp3) is 0.500. The van der Waals surface area contributed by atoms with Crippen molar-refractivity contribution in [1.29, 1.82) is 0 Å². The molecule has 0 saturated heterocycles. The molecule has 5 heteroatoms. The van der Waals surface area contributed by atoms with Crippen LogP contribution in [-0.4, -0.2) is 25.2 Å². The van der Waals surface area contributed by atoms with E-state index < -0.39 is 6.10 Å². The third kappa shape index (κ3) is 5.93. The zero-order valence-electron chi connectivity index (χ0n) is 19.2. The first-order valence-electron chi connectivity index (χ1n) is 11.5. The monoisotopic (exact) mass is 425 g/mol. The maximum absolute atomic E-state index is 12.9. The zero-order valence-corrected chi connectivity index (χ0v) is 19.2. The molecule has 1 N–H and O–H groups in total. The van der Waals surface area contributed by atoms with E-state index in [4.69, 9.17) is 14.2 Å². The number of carbonyl (C=O) groups excluding carboxylic acids is 1. The molecule has 0 fully saturated rings. The van der Waals surface area contributed by atoms with E-state index in [1.54, 1.807) is 0 Å². The number of benzene rings is 2. The number of aryl methyl sites for hydroxylation is 2. The predicted molar refractivity (Wildman–Crippen MR) is 123 cm³/mol. The third-order valence-corrected chi connectivity index (χ3v) is 5.69. The van der Waals surface area contributed by atoms with Crippen molar-refractivity contribution in [3.63, 3.8) is 0 Å². The average Bonchev–Trinajstić information content (AvgIpc) is 2.78. The molecule has 31 heavy (non-hydrogen) atoms. The minimum atomic E-state index is -0.529. The molecule has 0 bridgehead atoms.